The van der Waals surface area contributed by atoms with Gasteiger partial charge < -0.3 is 10.2 Å². The summed E-state index contributed by atoms with van der Waals surface area (Å²) in [5.74, 6) is -0.204. The van der Waals surface area contributed by atoms with E-state index in [2.05, 4.69) is 37.2 Å². The highest BCUT2D eigenvalue weighted by Crippen LogP contribution is 2.26. The monoisotopic (exact) mass is 388 g/mol. The van der Waals surface area contributed by atoms with E-state index in [0.717, 1.165) is 21.8 Å². The molecule has 1 heterocycles. The van der Waals surface area contributed by atoms with E-state index < -0.39 is 0 Å². The van der Waals surface area contributed by atoms with Gasteiger partial charge in [-0.3, -0.25) is 9.59 Å². The van der Waals surface area contributed by atoms with E-state index in [1.807, 2.05) is 12.1 Å². The molecule has 2 amide bonds. The highest BCUT2D eigenvalue weighted by atomic mass is 79.9. The highest BCUT2D eigenvalue weighted by Gasteiger charge is 2.34. The van der Waals surface area contributed by atoms with Crippen molar-refractivity contribution in [2.75, 3.05) is 13.6 Å². The number of carbonyl (C=O) groups excluding carboxylic acids is 2. The molecular weight excluding hydrogens is 376 g/mol. The predicted octanol–water partition coefficient (Wildman–Crippen LogP) is 2.56. The number of hydrogen-bond donors (Lipinski definition) is 1. The van der Waals surface area contributed by atoms with Gasteiger partial charge in [0.25, 0.3) is 5.91 Å². The van der Waals surface area contributed by atoms with Gasteiger partial charge in [-0.1, -0.05) is 15.9 Å². The van der Waals surface area contributed by atoms with Crippen LogP contribution >= 0.6 is 31.9 Å². The molecule has 0 radical (unpaired) electrons. The Bertz CT molecular complexity index is 519. The quantitative estimate of drug-likeness (QED) is 0.844. The van der Waals surface area contributed by atoms with Gasteiger partial charge >= 0.3 is 0 Å². The van der Waals surface area contributed by atoms with Gasteiger partial charge in [-0.05, 0) is 47.0 Å². The van der Waals surface area contributed by atoms with Crippen molar-refractivity contribution in [2.45, 2.75) is 18.9 Å². The second-order valence-corrected chi connectivity index (χ2v) is 6.17. The zero-order chi connectivity index (χ0) is 14.0. The molecule has 102 valence electrons. The SMILES string of the molecule is CNC(=O)C1CCCN1C(=O)c1ccc(Br)cc1Br. The van der Waals surface area contributed by atoms with Crippen molar-refractivity contribution in [3.05, 3.63) is 32.7 Å². The van der Waals surface area contributed by atoms with Crippen molar-refractivity contribution in [1.82, 2.24) is 10.2 Å². The molecule has 1 aromatic carbocycles. The van der Waals surface area contributed by atoms with Crippen LogP contribution in [0.4, 0.5) is 0 Å². The number of likely N-dealkylation sites (N-methyl/N-ethyl adjacent to an activating group) is 1. The fourth-order valence-electron chi connectivity index (χ4n) is 2.27. The molecule has 0 bridgehead atoms. The maximum absolute atomic E-state index is 12.5. The second-order valence-electron chi connectivity index (χ2n) is 4.39. The first-order valence-electron chi connectivity index (χ1n) is 6.02. The summed E-state index contributed by atoms with van der Waals surface area (Å²) in [4.78, 5) is 25.9. The number of likely N-dealkylation sites (tertiary alicyclic amines) is 1. The van der Waals surface area contributed by atoms with Crippen LogP contribution < -0.4 is 5.32 Å². The van der Waals surface area contributed by atoms with Gasteiger partial charge in [0, 0.05) is 22.5 Å². The van der Waals surface area contributed by atoms with Gasteiger partial charge in [0.1, 0.15) is 6.04 Å². The predicted molar refractivity (Wildman–Crippen MR) is 80.0 cm³/mol. The molecule has 0 aliphatic carbocycles. The molecule has 1 aromatic rings. The third-order valence-corrected chi connectivity index (χ3v) is 4.37. The minimum absolute atomic E-state index is 0.0981. The molecule has 1 saturated heterocycles. The molecule has 1 N–H and O–H groups in total. The summed E-state index contributed by atoms with van der Waals surface area (Å²) in [5.41, 5.74) is 0.582. The van der Waals surface area contributed by atoms with Crippen LogP contribution in [-0.2, 0) is 4.79 Å². The molecule has 0 aromatic heterocycles. The normalized spacial score (nSPS) is 18.5. The number of nitrogens with one attached hydrogen (secondary N) is 1. The Kier molecular flexibility index (Phi) is 4.62. The minimum atomic E-state index is -0.354. The Labute approximate surface area is 128 Å². The van der Waals surface area contributed by atoms with Crippen molar-refractivity contribution >= 4 is 43.7 Å². The topological polar surface area (TPSA) is 49.4 Å². The maximum Gasteiger partial charge on any atom is 0.255 e. The van der Waals surface area contributed by atoms with Gasteiger partial charge in [-0.15, -0.1) is 0 Å². The van der Waals surface area contributed by atoms with E-state index in [9.17, 15) is 9.59 Å². The van der Waals surface area contributed by atoms with Gasteiger partial charge in [0.2, 0.25) is 5.91 Å². The molecule has 4 nitrogen and oxygen atoms in total. The smallest absolute Gasteiger partial charge is 0.255 e. The molecule has 1 atom stereocenters. The third-order valence-electron chi connectivity index (χ3n) is 3.22. The number of carbonyl (C=O) groups is 2. The van der Waals surface area contributed by atoms with Crippen LogP contribution in [0.25, 0.3) is 0 Å². The average Bonchev–Trinajstić information content (AvgIpc) is 2.86. The van der Waals surface area contributed by atoms with Gasteiger partial charge in [0.15, 0.2) is 0 Å². The largest absolute Gasteiger partial charge is 0.357 e. The lowest BCUT2D eigenvalue weighted by Gasteiger charge is -2.23. The van der Waals surface area contributed by atoms with Crippen LogP contribution in [0.5, 0.6) is 0 Å². The zero-order valence-electron chi connectivity index (χ0n) is 10.5. The Morgan fingerprint density at radius 3 is 2.74 bits per heavy atom. The number of halogens is 2. The van der Waals surface area contributed by atoms with Crippen LogP contribution in [-0.4, -0.2) is 36.3 Å². The summed E-state index contributed by atoms with van der Waals surface area (Å²) in [6, 6.07) is 5.06. The summed E-state index contributed by atoms with van der Waals surface area (Å²) in [7, 11) is 1.60. The summed E-state index contributed by atoms with van der Waals surface area (Å²) in [6.45, 7) is 0.624. The van der Waals surface area contributed by atoms with Crippen LogP contribution in [0.2, 0.25) is 0 Å². The summed E-state index contributed by atoms with van der Waals surface area (Å²) in [6.07, 6.45) is 1.58. The number of hydrogen-bond acceptors (Lipinski definition) is 2. The number of benzene rings is 1. The molecule has 1 fully saturated rings. The van der Waals surface area contributed by atoms with E-state index in [-0.39, 0.29) is 17.9 Å². The van der Waals surface area contributed by atoms with E-state index in [0.29, 0.717) is 12.1 Å². The van der Waals surface area contributed by atoms with Crippen molar-refractivity contribution in [3.8, 4) is 0 Å². The molecule has 1 unspecified atom stereocenters. The molecule has 0 spiro atoms. The van der Waals surface area contributed by atoms with E-state index in [4.69, 9.17) is 0 Å². The first-order chi connectivity index (χ1) is 9.04. The zero-order valence-corrected chi connectivity index (χ0v) is 13.6. The minimum Gasteiger partial charge on any atom is -0.357 e. The van der Waals surface area contributed by atoms with Crippen LogP contribution in [0.1, 0.15) is 23.2 Å². The summed E-state index contributed by atoms with van der Waals surface area (Å²) in [5, 5.41) is 2.61. The number of amides is 2. The summed E-state index contributed by atoms with van der Waals surface area (Å²) < 4.78 is 1.63. The van der Waals surface area contributed by atoms with Crippen LogP contribution in [0.3, 0.4) is 0 Å². The average molecular weight is 390 g/mol. The summed E-state index contributed by atoms with van der Waals surface area (Å²) >= 11 is 6.75. The molecule has 19 heavy (non-hydrogen) atoms. The molecule has 1 aliphatic heterocycles. The van der Waals surface area contributed by atoms with Crippen LogP contribution in [0.15, 0.2) is 27.1 Å². The first-order valence-corrected chi connectivity index (χ1v) is 7.61. The fourth-order valence-corrected chi connectivity index (χ4v) is 3.48. The maximum atomic E-state index is 12.5. The van der Waals surface area contributed by atoms with Gasteiger partial charge in [-0.2, -0.15) is 0 Å². The lowest BCUT2D eigenvalue weighted by atomic mass is 10.1. The Morgan fingerprint density at radius 2 is 2.11 bits per heavy atom. The first kappa shape index (κ1) is 14.5. The van der Waals surface area contributed by atoms with E-state index >= 15 is 0 Å². The van der Waals surface area contributed by atoms with Crippen LogP contribution in [0, 0.1) is 0 Å². The molecular formula is C13H14Br2N2O2. The molecule has 2 rings (SSSR count). The third kappa shape index (κ3) is 3.00. The molecule has 1 aliphatic rings. The standard InChI is InChI=1S/C13H14Br2N2O2/c1-16-12(18)11-3-2-6-17(11)13(19)9-5-4-8(14)7-10(9)15/h4-5,7,11H,2-3,6H2,1H3,(H,16,18). The lowest BCUT2D eigenvalue weighted by Crippen LogP contribution is -2.45. The van der Waals surface area contributed by atoms with Crippen molar-refractivity contribution in [3.63, 3.8) is 0 Å². The molecule has 6 heteroatoms. The Morgan fingerprint density at radius 1 is 1.37 bits per heavy atom. The number of nitrogens with zero attached hydrogens (tertiary/aromatic N) is 1. The van der Waals surface area contributed by atoms with Crippen molar-refractivity contribution < 1.29 is 9.59 Å². The van der Waals surface area contributed by atoms with Gasteiger partial charge in [0.05, 0.1) is 5.56 Å². The van der Waals surface area contributed by atoms with Gasteiger partial charge in [-0.25, -0.2) is 0 Å². The van der Waals surface area contributed by atoms with E-state index in [1.54, 1.807) is 18.0 Å². The number of rotatable bonds is 2. The Hall–Kier alpha value is -0.880. The lowest BCUT2D eigenvalue weighted by molar-refractivity contribution is -0.124. The molecule has 0 saturated carbocycles. The second kappa shape index (κ2) is 6.05. The van der Waals surface area contributed by atoms with Crippen molar-refractivity contribution in [1.29, 1.82) is 0 Å². The Balaban J connectivity index is 2.25. The highest BCUT2D eigenvalue weighted by molar-refractivity contribution is 9.11. The fraction of sp³-hybridized carbons (Fsp3) is 0.385. The van der Waals surface area contributed by atoms with Crippen molar-refractivity contribution in [2.24, 2.45) is 0 Å². The van der Waals surface area contributed by atoms with E-state index in [1.165, 1.54) is 0 Å².